The van der Waals surface area contributed by atoms with Gasteiger partial charge in [-0.2, -0.15) is 0 Å². The number of nitrogens with one attached hydrogen (secondary N) is 1. The molecule has 0 aromatic carbocycles. The van der Waals surface area contributed by atoms with Gasteiger partial charge in [0.25, 0.3) is 0 Å². The Morgan fingerprint density at radius 2 is 1.80 bits per heavy atom. The fourth-order valence-electron chi connectivity index (χ4n) is 2.37. The maximum absolute atomic E-state index is 4.72. The fraction of sp³-hybridized carbons (Fsp3) is 0.750. The van der Waals surface area contributed by atoms with Gasteiger partial charge in [0.1, 0.15) is 17.5 Å². The van der Waals surface area contributed by atoms with Crippen LogP contribution in [0.3, 0.4) is 0 Å². The van der Waals surface area contributed by atoms with Crippen LogP contribution < -0.4 is 10.2 Å². The maximum Gasteiger partial charge on any atom is 0.134 e. The van der Waals surface area contributed by atoms with Crippen molar-refractivity contribution in [2.75, 3.05) is 23.8 Å². The molecule has 0 saturated carbocycles. The van der Waals surface area contributed by atoms with Crippen LogP contribution in [-0.4, -0.2) is 29.6 Å². The van der Waals surface area contributed by atoms with Gasteiger partial charge >= 0.3 is 0 Å². The Balaban J connectivity index is 3.00. The summed E-state index contributed by atoms with van der Waals surface area (Å²) in [4.78, 5) is 11.6. The molecule has 4 heteroatoms. The normalized spacial score (nSPS) is 10.9. The second kappa shape index (κ2) is 8.77. The minimum atomic E-state index is 0.540. The SMILES string of the molecule is CCCNc1cc(N(C)C(CC)CC)nc(CCC)n1. The van der Waals surface area contributed by atoms with E-state index in [0.717, 1.165) is 56.1 Å². The van der Waals surface area contributed by atoms with E-state index in [2.05, 4.69) is 56.0 Å². The Kier molecular flexibility index (Phi) is 7.34. The van der Waals surface area contributed by atoms with E-state index in [1.807, 2.05) is 0 Å². The number of aryl methyl sites for hydroxylation is 1. The molecule has 0 aliphatic heterocycles. The number of rotatable bonds is 9. The van der Waals surface area contributed by atoms with Crippen LogP contribution in [0.25, 0.3) is 0 Å². The topological polar surface area (TPSA) is 41.0 Å². The van der Waals surface area contributed by atoms with Crippen molar-refractivity contribution in [3.63, 3.8) is 0 Å². The Hall–Kier alpha value is -1.32. The molecule has 114 valence electrons. The minimum absolute atomic E-state index is 0.540. The Bertz CT molecular complexity index is 388. The molecule has 0 spiro atoms. The molecule has 1 rings (SSSR count). The summed E-state index contributed by atoms with van der Waals surface area (Å²) >= 11 is 0. The van der Waals surface area contributed by atoms with Gasteiger partial charge < -0.3 is 10.2 Å². The summed E-state index contributed by atoms with van der Waals surface area (Å²) < 4.78 is 0. The molecule has 1 heterocycles. The molecule has 0 aliphatic rings. The average molecular weight is 278 g/mol. The highest BCUT2D eigenvalue weighted by molar-refractivity contribution is 5.49. The van der Waals surface area contributed by atoms with Crippen LogP contribution in [0, 0.1) is 0 Å². The van der Waals surface area contributed by atoms with Crippen LogP contribution in [-0.2, 0) is 6.42 Å². The lowest BCUT2D eigenvalue weighted by Gasteiger charge is -2.28. The summed E-state index contributed by atoms with van der Waals surface area (Å²) in [5, 5.41) is 3.39. The Labute approximate surface area is 124 Å². The minimum Gasteiger partial charge on any atom is -0.370 e. The van der Waals surface area contributed by atoms with E-state index in [9.17, 15) is 0 Å². The molecule has 0 aliphatic carbocycles. The number of hydrogen-bond acceptors (Lipinski definition) is 4. The summed E-state index contributed by atoms with van der Waals surface area (Å²) in [7, 11) is 2.14. The second-order valence-corrected chi connectivity index (χ2v) is 5.29. The number of anilines is 2. The van der Waals surface area contributed by atoms with Crippen molar-refractivity contribution in [2.24, 2.45) is 0 Å². The first-order chi connectivity index (χ1) is 9.65. The van der Waals surface area contributed by atoms with Crippen molar-refractivity contribution < 1.29 is 0 Å². The largest absolute Gasteiger partial charge is 0.370 e. The van der Waals surface area contributed by atoms with E-state index in [1.54, 1.807) is 0 Å². The van der Waals surface area contributed by atoms with Crippen LogP contribution in [0.1, 0.15) is 59.2 Å². The van der Waals surface area contributed by atoms with E-state index in [4.69, 9.17) is 4.98 Å². The lowest BCUT2D eigenvalue weighted by atomic mass is 10.1. The molecule has 1 aromatic heterocycles. The van der Waals surface area contributed by atoms with Gasteiger partial charge in [0.05, 0.1) is 0 Å². The molecular formula is C16H30N4. The summed E-state index contributed by atoms with van der Waals surface area (Å²) in [6.45, 7) is 9.75. The smallest absolute Gasteiger partial charge is 0.134 e. The van der Waals surface area contributed by atoms with Crippen LogP contribution in [0.15, 0.2) is 6.07 Å². The number of hydrogen-bond donors (Lipinski definition) is 1. The third kappa shape index (κ3) is 4.66. The molecule has 4 nitrogen and oxygen atoms in total. The third-order valence-corrected chi connectivity index (χ3v) is 3.64. The van der Waals surface area contributed by atoms with Gasteiger partial charge in [-0.15, -0.1) is 0 Å². The zero-order valence-electron chi connectivity index (χ0n) is 13.7. The fourth-order valence-corrected chi connectivity index (χ4v) is 2.37. The summed E-state index contributed by atoms with van der Waals surface area (Å²) in [6, 6.07) is 2.62. The molecule has 0 radical (unpaired) electrons. The number of nitrogens with zero attached hydrogens (tertiary/aromatic N) is 3. The zero-order valence-corrected chi connectivity index (χ0v) is 13.7. The van der Waals surface area contributed by atoms with Gasteiger partial charge in [-0.1, -0.05) is 27.7 Å². The Morgan fingerprint density at radius 3 is 2.35 bits per heavy atom. The van der Waals surface area contributed by atoms with Gasteiger partial charge in [-0.3, -0.25) is 0 Å². The highest BCUT2D eigenvalue weighted by atomic mass is 15.2. The molecule has 0 saturated heterocycles. The van der Waals surface area contributed by atoms with E-state index in [0.29, 0.717) is 6.04 Å². The van der Waals surface area contributed by atoms with Crippen LogP contribution in [0.4, 0.5) is 11.6 Å². The van der Waals surface area contributed by atoms with Crippen LogP contribution >= 0.6 is 0 Å². The molecule has 20 heavy (non-hydrogen) atoms. The van der Waals surface area contributed by atoms with Gasteiger partial charge in [0, 0.05) is 32.1 Å². The van der Waals surface area contributed by atoms with Gasteiger partial charge in [-0.05, 0) is 25.7 Å². The molecule has 1 aromatic rings. The quantitative estimate of drug-likeness (QED) is 0.744. The van der Waals surface area contributed by atoms with Crippen molar-refractivity contribution in [1.29, 1.82) is 0 Å². The van der Waals surface area contributed by atoms with Crippen molar-refractivity contribution in [3.8, 4) is 0 Å². The van der Waals surface area contributed by atoms with Crippen molar-refractivity contribution >= 4 is 11.6 Å². The Morgan fingerprint density at radius 1 is 1.10 bits per heavy atom. The summed E-state index contributed by atoms with van der Waals surface area (Å²) in [5.41, 5.74) is 0. The average Bonchev–Trinajstić information content (AvgIpc) is 2.46. The van der Waals surface area contributed by atoms with Crippen LogP contribution in [0.5, 0.6) is 0 Å². The first-order valence-electron chi connectivity index (χ1n) is 8.00. The maximum atomic E-state index is 4.72. The van der Waals surface area contributed by atoms with Crippen molar-refractivity contribution in [2.45, 2.75) is 65.8 Å². The zero-order chi connectivity index (χ0) is 15.0. The summed E-state index contributed by atoms with van der Waals surface area (Å²) in [6.07, 6.45) is 5.39. The van der Waals surface area contributed by atoms with Gasteiger partial charge in [-0.25, -0.2) is 9.97 Å². The van der Waals surface area contributed by atoms with E-state index < -0.39 is 0 Å². The second-order valence-electron chi connectivity index (χ2n) is 5.29. The predicted octanol–water partition coefficient (Wildman–Crippen LogP) is 3.88. The third-order valence-electron chi connectivity index (χ3n) is 3.64. The molecule has 0 unspecified atom stereocenters. The van der Waals surface area contributed by atoms with E-state index in [1.165, 1.54) is 0 Å². The summed E-state index contributed by atoms with van der Waals surface area (Å²) in [5.74, 6) is 2.94. The molecule has 0 bridgehead atoms. The molecular weight excluding hydrogens is 248 g/mol. The lowest BCUT2D eigenvalue weighted by Crippen LogP contribution is -2.31. The molecule has 0 atom stereocenters. The standard InChI is InChI=1S/C16H30N4/c1-6-10-14-18-15(17-11-7-2)12-16(19-14)20(5)13(8-3)9-4/h12-13H,6-11H2,1-5H3,(H,17,18,19). The molecule has 0 amide bonds. The first kappa shape index (κ1) is 16.7. The lowest BCUT2D eigenvalue weighted by molar-refractivity contribution is 0.585. The van der Waals surface area contributed by atoms with Gasteiger partial charge in [0.15, 0.2) is 0 Å². The van der Waals surface area contributed by atoms with Crippen molar-refractivity contribution in [3.05, 3.63) is 11.9 Å². The predicted molar refractivity (Wildman–Crippen MR) is 87.6 cm³/mol. The molecule has 1 N–H and O–H groups in total. The molecule has 0 fully saturated rings. The van der Waals surface area contributed by atoms with Gasteiger partial charge in [0.2, 0.25) is 0 Å². The van der Waals surface area contributed by atoms with Crippen molar-refractivity contribution in [1.82, 2.24) is 9.97 Å². The highest BCUT2D eigenvalue weighted by Gasteiger charge is 2.14. The van der Waals surface area contributed by atoms with E-state index >= 15 is 0 Å². The highest BCUT2D eigenvalue weighted by Crippen LogP contribution is 2.20. The monoisotopic (exact) mass is 278 g/mol. The first-order valence-corrected chi connectivity index (χ1v) is 8.00. The number of aromatic nitrogens is 2. The van der Waals surface area contributed by atoms with Crippen LogP contribution in [0.2, 0.25) is 0 Å². The van der Waals surface area contributed by atoms with E-state index in [-0.39, 0.29) is 0 Å².